The second kappa shape index (κ2) is 7.63. The number of urea groups is 1. The molecule has 22 heavy (non-hydrogen) atoms. The molecular formula is C18H27N3O. The van der Waals surface area contributed by atoms with Crippen LogP contribution in [0.25, 0.3) is 0 Å². The van der Waals surface area contributed by atoms with Crippen molar-refractivity contribution < 1.29 is 4.79 Å². The molecule has 0 radical (unpaired) electrons. The predicted molar refractivity (Wildman–Crippen MR) is 90.1 cm³/mol. The molecule has 1 aromatic carbocycles. The quantitative estimate of drug-likeness (QED) is 0.923. The number of amides is 2. The molecule has 2 aliphatic rings. The summed E-state index contributed by atoms with van der Waals surface area (Å²) in [7, 11) is 0. The molecule has 0 aromatic heterocycles. The van der Waals surface area contributed by atoms with Crippen LogP contribution >= 0.6 is 0 Å². The van der Waals surface area contributed by atoms with Crippen molar-refractivity contribution in [3.8, 4) is 0 Å². The minimum Gasteiger partial charge on any atom is -0.322 e. The maximum Gasteiger partial charge on any atom is 0.322 e. The average molecular weight is 301 g/mol. The minimum absolute atomic E-state index is 0.0670. The number of carbonyl (C=O) groups is 1. The zero-order valence-corrected chi connectivity index (χ0v) is 13.3. The van der Waals surface area contributed by atoms with Crippen LogP contribution in [0, 0.1) is 0 Å². The standard InChI is InChI=1S/C18H27N3O/c22-18(19-16-8-2-1-3-9-16)21-14-5-4-10-17(21)11-15-20-12-6-7-13-20/h1-3,8-9,17H,4-7,10-15H2,(H,19,22)/t17-/m1/s1. The van der Waals surface area contributed by atoms with Crippen LogP contribution in [-0.4, -0.2) is 48.1 Å². The van der Waals surface area contributed by atoms with Gasteiger partial charge in [-0.1, -0.05) is 18.2 Å². The number of piperidine rings is 1. The summed E-state index contributed by atoms with van der Waals surface area (Å²) >= 11 is 0. The second-order valence-corrected chi connectivity index (χ2v) is 6.48. The Kier molecular flexibility index (Phi) is 5.33. The van der Waals surface area contributed by atoms with Crippen LogP contribution in [-0.2, 0) is 0 Å². The molecule has 1 N–H and O–H groups in total. The maximum atomic E-state index is 12.6. The molecule has 2 fully saturated rings. The van der Waals surface area contributed by atoms with Crippen molar-refractivity contribution in [2.45, 2.75) is 44.6 Å². The van der Waals surface area contributed by atoms with Gasteiger partial charge in [0.25, 0.3) is 0 Å². The van der Waals surface area contributed by atoms with Crippen LogP contribution in [0.5, 0.6) is 0 Å². The van der Waals surface area contributed by atoms with Crippen molar-refractivity contribution in [3.05, 3.63) is 30.3 Å². The zero-order chi connectivity index (χ0) is 15.2. The highest BCUT2D eigenvalue weighted by molar-refractivity contribution is 5.89. The van der Waals surface area contributed by atoms with E-state index in [-0.39, 0.29) is 6.03 Å². The summed E-state index contributed by atoms with van der Waals surface area (Å²) in [5.41, 5.74) is 0.886. The van der Waals surface area contributed by atoms with E-state index in [0.717, 1.165) is 38.0 Å². The molecule has 120 valence electrons. The van der Waals surface area contributed by atoms with Gasteiger partial charge in [-0.15, -0.1) is 0 Å². The van der Waals surface area contributed by atoms with E-state index >= 15 is 0 Å². The summed E-state index contributed by atoms with van der Waals surface area (Å²) in [6.07, 6.45) is 7.31. The van der Waals surface area contributed by atoms with Gasteiger partial charge in [-0.25, -0.2) is 4.79 Å². The third kappa shape index (κ3) is 4.01. The lowest BCUT2D eigenvalue weighted by atomic mass is 9.99. The van der Waals surface area contributed by atoms with Crippen LogP contribution in [0.1, 0.15) is 38.5 Å². The highest BCUT2D eigenvalue weighted by Crippen LogP contribution is 2.22. The van der Waals surface area contributed by atoms with E-state index in [4.69, 9.17) is 0 Å². The Labute approximate surface area is 133 Å². The lowest BCUT2D eigenvalue weighted by molar-refractivity contribution is 0.149. The monoisotopic (exact) mass is 301 g/mol. The van der Waals surface area contributed by atoms with E-state index in [9.17, 15) is 4.79 Å². The van der Waals surface area contributed by atoms with Crippen LogP contribution in [0.4, 0.5) is 10.5 Å². The summed E-state index contributed by atoms with van der Waals surface area (Å²) in [5.74, 6) is 0. The normalized spacial score (nSPS) is 22.7. The van der Waals surface area contributed by atoms with Crippen molar-refractivity contribution in [1.82, 2.24) is 9.80 Å². The SMILES string of the molecule is O=C(Nc1ccccc1)N1CCCC[C@@H]1CCN1CCCC1. The molecular weight excluding hydrogens is 274 g/mol. The molecule has 4 nitrogen and oxygen atoms in total. The Hall–Kier alpha value is -1.55. The van der Waals surface area contributed by atoms with Gasteiger partial charge in [0.2, 0.25) is 0 Å². The lowest BCUT2D eigenvalue weighted by Crippen LogP contribution is -2.47. The Morgan fingerprint density at radius 2 is 1.77 bits per heavy atom. The molecule has 4 heteroatoms. The number of para-hydroxylation sites is 1. The number of nitrogens with zero attached hydrogens (tertiary/aromatic N) is 2. The van der Waals surface area contributed by atoms with Crippen LogP contribution in [0.2, 0.25) is 0 Å². The molecule has 0 unspecified atom stereocenters. The number of hydrogen-bond donors (Lipinski definition) is 1. The molecule has 2 saturated heterocycles. The van der Waals surface area contributed by atoms with Gasteiger partial charge in [-0.3, -0.25) is 0 Å². The van der Waals surface area contributed by atoms with E-state index in [2.05, 4.69) is 15.1 Å². The summed E-state index contributed by atoms with van der Waals surface area (Å²) in [6, 6.07) is 10.2. The third-order valence-electron chi connectivity index (χ3n) is 4.89. The molecule has 2 heterocycles. The first-order valence-electron chi connectivity index (χ1n) is 8.68. The van der Waals surface area contributed by atoms with Crippen molar-refractivity contribution >= 4 is 11.7 Å². The van der Waals surface area contributed by atoms with Gasteiger partial charge in [-0.05, 0) is 63.7 Å². The fourth-order valence-corrected chi connectivity index (χ4v) is 3.62. The van der Waals surface area contributed by atoms with Gasteiger partial charge >= 0.3 is 6.03 Å². The van der Waals surface area contributed by atoms with Crippen molar-refractivity contribution in [2.75, 3.05) is 31.5 Å². The maximum absolute atomic E-state index is 12.6. The van der Waals surface area contributed by atoms with Gasteiger partial charge in [0, 0.05) is 24.8 Å². The smallest absolute Gasteiger partial charge is 0.322 e. The molecule has 2 aliphatic heterocycles. The first-order chi connectivity index (χ1) is 10.8. The number of carbonyl (C=O) groups excluding carboxylic acids is 1. The molecule has 2 amide bonds. The average Bonchev–Trinajstić information content (AvgIpc) is 3.07. The van der Waals surface area contributed by atoms with Gasteiger partial charge in [0.05, 0.1) is 0 Å². The number of benzene rings is 1. The Balaban J connectivity index is 1.55. The highest BCUT2D eigenvalue weighted by Gasteiger charge is 2.27. The molecule has 1 atom stereocenters. The number of nitrogens with one attached hydrogen (secondary N) is 1. The summed E-state index contributed by atoms with van der Waals surface area (Å²) in [5, 5.41) is 3.04. The minimum atomic E-state index is 0.0670. The number of likely N-dealkylation sites (tertiary alicyclic amines) is 2. The van der Waals surface area contributed by atoms with Crippen LogP contribution in [0.15, 0.2) is 30.3 Å². The first-order valence-corrected chi connectivity index (χ1v) is 8.68. The first kappa shape index (κ1) is 15.3. The highest BCUT2D eigenvalue weighted by atomic mass is 16.2. The third-order valence-corrected chi connectivity index (χ3v) is 4.89. The van der Waals surface area contributed by atoms with Crippen molar-refractivity contribution in [1.29, 1.82) is 0 Å². The van der Waals surface area contributed by atoms with E-state index in [0.29, 0.717) is 6.04 Å². The van der Waals surface area contributed by atoms with Gasteiger partial charge in [0.15, 0.2) is 0 Å². The Bertz CT molecular complexity index is 470. The fraction of sp³-hybridized carbons (Fsp3) is 0.611. The van der Waals surface area contributed by atoms with E-state index in [1.807, 2.05) is 30.3 Å². The van der Waals surface area contributed by atoms with E-state index in [1.54, 1.807) is 0 Å². The van der Waals surface area contributed by atoms with Gasteiger partial charge in [-0.2, -0.15) is 0 Å². The summed E-state index contributed by atoms with van der Waals surface area (Å²) in [6.45, 7) is 4.51. The van der Waals surface area contributed by atoms with Crippen molar-refractivity contribution in [3.63, 3.8) is 0 Å². The van der Waals surface area contributed by atoms with Crippen LogP contribution in [0.3, 0.4) is 0 Å². The van der Waals surface area contributed by atoms with E-state index in [1.165, 1.54) is 32.4 Å². The second-order valence-electron chi connectivity index (χ2n) is 6.48. The zero-order valence-electron chi connectivity index (χ0n) is 13.3. The predicted octanol–water partition coefficient (Wildman–Crippen LogP) is 3.56. The molecule has 0 aliphatic carbocycles. The van der Waals surface area contributed by atoms with Gasteiger partial charge < -0.3 is 15.1 Å². The van der Waals surface area contributed by atoms with Crippen LogP contribution < -0.4 is 5.32 Å². The summed E-state index contributed by atoms with van der Waals surface area (Å²) < 4.78 is 0. The Morgan fingerprint density at radius 3 is 2.55 bits per heavy atom. The van der Waals surface area contributed by atoms with Crippen molar-refractivity contribution in [2.24, 2.45) is 0 Å². The summed E-state index contributed by atoms with van der Waals surface area (Å²) in [4.78, 5) is 17.2. The van der Waals surface area contributed by atoms with E-state index < -0.39 is 0 Å². The fourth-order valence-electron chi connectivity index (χ4n) is 3.62. The number of rotatable bonds is 4. The lowest BCUT2D eigenvalue weighted by Gasteiger charge is -2.36. The molecule has 0 bridgehead atoms. The number of hydrogen-bond acceptors (Lipinski definition) is 2. The topological polar surface area (TPSA) is 35.6 Å². The largest absolute Gasteiger partial charge is 0.322 e. The Morgan fingerprint density at radius 1 is 1.05 bits per heavy atom. The molecule has 0 saturated carbocycles. The molecule has 1 aromatic rings. The van der Waals surface area contributed by atoms with Gasteiger partial charge in [0.1, 0.15) is 0 Å². The molecule has 3 rings (SSSR count). The number of anilines is 1. The molecule has 0 spiro atoms.